The number of halogens is 3. The Balaban J connectivity index is 2.56. The Morgan fingerprint density at radius 1 is 1.16 bits per heavy atom. The van der Waals surface area contributed by atoms with Crippen molar-refractivity contribution in [2.75, 3.05) is 0 Å². The first kappa shape index (κ1) is 13.3. The highest BCUT2D eigenvalue weighted by molar-refractivity contribution is 5.87. The van der Waals surface area contributed by atoms with Gasteiger partial charge in [0, 0.05) is 23.5 Å². The topological polar surface area (TPSA) is 30.0 Å². The number of pyridine rings is 1. The molecule has 0 N–H and O–H groups in total. The number of aromatic nitrogens is 1. The van der Waals surface area contributed by atoms with E-state index in [1.54, 1.807) is 12.3 Å². The van der Waals surface area contributed by atoms with E-state index in [1.807, 2.05) is 6.92 Å². The predicted octanol–water partition coefficient (Wildman–Crippen LogP) is 3.89. The van der Waals surface area contributed by atoms with Crippen LogP contribution in [0.4, 0.5) is 13.2 Å². The second-order valence-corrected chi connectivity index (χ2v) is 4.17. The molecule has 0 atom stereocenters. The van der Waals surface area contributed by atoms with Crippen molar-refractivity contribution < 1.29 is 18.0 Å². The molecule has 0 aliphatic heterocycles. The van der Waals surface area contributed by atoms with Gasteiger partial charge in [0.2, 0.25) is 0 Å². The summed E-state index contributed by atoms with van der Waals surface area (Å²) in [6, 6.07) is 4.88. The quantitative estimate of drug-likeness (QED) is 0.771. The van der Waals surface area contributed by atoms with Crippen molar-refractivity contribution in [3.63, 3.8) is 0 Å². The molecule has 2 nitrogen and oxygen atoms in total. The molecule has 1 aromatic carbocycles. The van der Waals surface area contributed by atoms with Crippen LogP contribution < -0.4 is 0 Å². The van der Waals surface area contributed by atoms with Gasteiger partial charge in [0.1, 0.15) is 0 Å². The lowest BCUT2D eigenvalue weighted by atomic mass is 9.98. The van der Waals surface area contributed by atoms with Crippen molar-refractivity contribution in [1.82, 2.24) is 4.98 Å². The minimum atomic E-state index is -4.46. The van der Waals surface area contributed by atoms with Crippen LogP contribution in [0.15, 0.2) is 36.7 Å². The second-order valence-electron chi connectivity index (χ2n) is 4.17. The Kier molecular flexibility index (Phi) is 3.38. The molecule has 0 spiro atoms. The van der Waals surface area contributed by atoms with Gasteiger partial charge < -0.3 is 0 Å². The largest absolute Gasteiger partial charge is 0.416 e. The molecule has 0 radical (unpaired) electrons. The smallest absolute Gasteiger partial charge is 0.298 e. The molecule has 0 unspecified atom stereocenters. The maximum Gasteiger partial charge on any atom is 0.416 e. The molecule has 0 saturated carbocycles. The molecule has 0 aliphatic carbocycles. The first-order valence-electron chi connectivity index (χ1n) is 5.50. The minimum Gasteiger partial charge on any atom is -0.298 e. The summed E-state index contributed by atoms with van der Waals surface area (Å²) in [5, 5.41) is 0. The van der Waals surface area contributed by atoms with Gasteiger partial charge in [-0.05, 0) is 36.2 Å². The molecule has 98 valence electrons. The van der Waals surface area contributed by atoms with Crippen LogP contribution in [0.5, 0.6) is 0 Å². The van der Waals surface area contributed by atoms with E-state index in [9.17, 15) is 18.0 Å². The molecular formula is C14H10F3NO. The summed E-state index contributed by atoms with van der Waals surface area (Å²) in [5.41, 5.74) is 1.10. The van der Waals surface area contributed by atoms with E-state index in [1.165, 1.54) is 12.3 Å². The van der Waals surface area contributed by atoms with Gasteiger partial charge in [0.15, 0.2) is 6.29 Å². The van der Waals surface area contributed by atoms with Crippen LogP contribution in [0.3, 0.4) is 0 Å². The van der Waals surface area contributed by atoms with E-state index in [0.717, 1.165) is 17.7 Å². The first-order chi connectivity index (χ1) is 8.91. The van der Waals surface area contributed by atoms with E-state index < -0.39 is 11.7 Å². The zero-order valence-corrected chi connectivity index (χ0v) is 10.0. The van der Waals surface area contributed by atoms with Gasteiger partial charge >= 0.3 is 6.18 Å². The first-order valence-corrected chi connectivity index (χ1v) is 5.50. The summed E-state index contributed by atoms with van der Waals surface area (Å²) in [6.45, 7) is 1.82. The molecule has 1 heterocycles. The highest BCUT2D eigenvalue weighted by atomic mass is 19.4. The number of alkyl halides is 3. The van der Waals surface area contributed by atoms with Crippen LogP contribution in [0, 0.1) is 6.92 Å². The number of rotatable bonds is 2. The number of hydrogen-bond acceptors (Lipinski definition) is 2. The number of nitrogens with zero attached hydrogens (tertiary/aromatic N) is 1. The van der Waals surface area contributed by atoms with E-state index in [-0.39, 0.29) is 5.56 Å². The number of aryl methyl sites for hydroxylation is 1. The van der Waals surface area contributed by atoms with Crippen LogP contribution in [0.2, 0.25) is 0 Å². The molecule has 0 bridgehead atoms. The number of carbonyl (C=O) groups is 1. The summed E-state index contributed by atoms with van der Waals surface area (Å²) >= 11 is 0. The van der Waals surface area contributed by atoms with Gasteiger partial charge in [-0.15, -0.1) is 0 Å². The molecule has 0 saturated heterocycles. The summed E-state index contributed by atoms with van der Waals surface area (Å²) < 4.78 is 37.7. The lowest BCUT2D eigenvalue weighted by molar-refractivity contribution is -0.137. The molecule has 2 aromatic rings. The van der Waals surface area contributed by atoms with E-state index in [4.69, 9.17) is 0 Å². The third-order valence-corrected chi connectivity index (χ3v) is 2.69. The lowest BCUT2D eigenvalue weighted by Gasteiger charge is -2.10. The number of benzene rings is 1. The molecule has 2 rings (SSSR count). The highest BCUT2D eigenvalue weighted by Gasteiger charge is 2.31. The summed E-state index contributed by atoms with van der Waals surface area (Å²) in [5.74, 6) is 0. The summed E-state index contributed by atoms with van der Waals surface area (Å²) in [4.78, 5) is 14.9. The Morgan fingerprint density at radius 3 is 2.47 bits per heavy atom. The van der Waals surface area contributed by atoms with E-state index >= 15 is 0 Å². The van der Waals surface area contributed by atoms with Gasteiger partial charge in [0.25, 0.3) is 0 Å². The summed E-state index contributed by atoms with van der Waals surface area (Å²) in [7, 11) is 0. The van der Waals surface area contributed by atoms with Gasteiger partial charge in [-0.25, -0.2) is 0 Å². The van der Waals surface area contributed by atoms with Crippen molar-refractivity contribution in [3.05, 3.63) is 53.3 Å². The summed E-state index contributed by atoms with van der Waals surface area (Å²) in [6.07, 6.45) is -0.884. The Labute approximate surface area is 107 Å². The fraction of sp³-hybridized carbons (Fsp3) is 0.143. The monoisotopic (exact) mass is 265 g/mol. The van der Waals surface area contributed by atoms with Crippen molar-refractivity contribution in [3.8, 4) is 11.1 Å². The predicted molar refractivity (Wildman–Crippen MR) is 64.8 cm³/mol. The minimum absolute atomic E-state index is 0.00206. The normalized spacial score (nSPS) is 11.4. The van der Waals surface area contributed by atoms with Crippen molar-refractivity contribution >= 4 is 6.29 Å². The molecular weight excluding hydrogens is 255 g/mol. The Bertz CT molecular complexity index is 620. The average molecular weight is 265 g/mol. The molecule has 5 heteroatoms. The van der Waals surface area contributed by atoms with Gasteiger partial charge in [-0.3, -0.25) is 9.78 Å². The van der Waals surface area contributed by atoms with E-state index in [0.29, 0.717) is 17.4 Å². The molecule has 0 aliphatic rings. The molecule has 19 heavy (non-hydrogen) atoms. The second kappa shape index (κ2) is 4.84. The van der Waals surface area contributed by atoms with Crippen molar-refractivity contribution in [2.45, 2.75) is 13.1 Å². The molecule has 0 fully saturated rings. The van der Waals surface area contributed by atoms with Gasteiger partial charge in [0.05, 0.1) is 5.56 Å². The number of hydrogen-bond donors (Lipinski definition) is 0. The zero-order valence-electron chi connectivity index (χ0n) is 10.0. The van der Waals surface area contributed by atoms with Crippen LogP contribution in [-0.2, 0) is 6.18 Å². The van der Waals surface area contributed by atoms with Gasteiger partial charge in [-0.1, -0.05) is 6.07 Å². The highest BCUT2D eigenvalue weighted by Crippen LogP contribution is 2.32. The standard InChI is InChI=1S/C14H10F3NO/c1-9-4-10(7-18-6-9)13-3-2-12(14(15,16)17)5-11(13)8-19/h2-8H,1H3. The average Bonchev–Trinajstić information content (AvgIpc) is 2.37. The number of aldehydes is 1. The lowest BCUT2D eigenvalue weighted by Crippen LogP contribution is -2.06. The zero-order chi connectivity index (χ0) is 14.0. The third kappa shape index (κ3) is 2.81. The Morgan fingerprint density at radius 2 is 1.89 bits per heavy atom. The van der Waals surface area contributed by atoms with Gasteiger partial charge in [-0.2, -0.15) is 13.2 Å². The van der Waals surface area contributed by atoms with Crippen LogP contribution in [0.1, 0.15) is 21.5 Å². The maximum absolute atomic E-state index is 12.6. The van der Waals surface area contributed by atoms with Crippen LogP contribution in [0.25, 0.3) is 11.1 Å². The van der Waals surface area contributed by atoms with Crippen LogP contribution >= 0.6 is 0 Å². The van der Waals surface area contributed by atoms with E-state index in [2.05, 4.69) is 4.98 Å². The van der Waals surface area contributed by atoms with Crippen LogP contribution in [-0.4, -0.2) is 11.3 Å². The fourth-order valence-electron chi connectivity index (χ4n) is 1.80. The van der Waals surface area contributed by atoms with Crippen molar-refractivity contribution in [1.29, 1.82) is 0 Å². The third-order valence-electron chi connectivity index (χ3n) is 2.69. The Hall–Kier alpha value is -2.17. The maximum atomic E-state index is 12.6. The SMILES string of the molecule is Cc1cncc(-c2ccc(C(F)(F)F)cc2C=O)c1. The van der Waals surface area contributed by atoms with Crippen molar-refractivity contribution in [2.24, 2.45) is 0 Å². The fourth-order valence-corrected chi connectivity index (χ4v) is 1.80. The number of carbonyl (C=O) groups excluding carboxylic acids is 1. The molecule has 1 aromatic heterocycles. The molecule has 0 amide bonds.